The average molecular weight is 648 g/mol. The summed E-state index contributed by atoms with van der Waals surface area (Å²) in [6, 6.07) is 19.7. The monoisotopic (exact) mass is 647 g/mol. The van der Waals surface area contributed by atoms with Gasteiger partial charge in [-0.2, -0.15) is 0 Å². The highest BCUT2D eigenvalue weighted by Gasteiger charge is 2.25. The highest BCUT2D eigenvalue weighted by Crippen LogP contribution is 2.38. The van der Waals surface area contributed by atoms with Gasteiger partial charge in [0.25, 0.3) is 5.91 Å². The number of benzene rings is 3. The number of carbonyl (C=O) groups is 1. The molecule has 0 aliphatic carbocycles. The Labute approximate surface area is 277 Å². The molecule has 1 aliphatic rings. The summed E-state index contributed by atoms with van der Waals surface area (Å²) in [6.45, 7) is 11.6. The molecule has 46 heavy (non-hydrogen) atoms. The van der Waals surface area contributed by atoms with E-state index >= 15 is 0 Å². The Hall–Kier alpha value is -3.79. The number of para-hydroxylation sites is 3. The van der Waals surface area contributed by atoms with E-state index in [0.717, 1.165) is 67.3 Å². The number of hydrogen-bond donors (Lipinski definition) is 0. The second-order valence-electron chi connectivity index (χ2n) is 12.3. The molecule has 9 nitrogen and oxygen atoms in total. The fourth-order valence-corrected chi connectivity index (χ4v) is 6.10. The van der Waals surface area contributed by atoms with Gasteiger partial charge in [-0.1, -0.05) is 55.8 Å². The Bertz CT molecular complexity index is 1620. The number of nitrogens with zero attached hydrogens (tertiary/aromatic N) is 5. The number of hydrogen-bond acceptors (Lipinski definition) is 7. The van der Waals surface area contributed by atoms with E-state index in [1.165, 1.54) is 7.11 Å². The van der Waals surface area contributed by atoms with Crippen LogP contribution in [-0.2, 0) is 13.1 Å². The Morgan fingerprint density at radius 2 is 1.70 bits per heavy atom. The number of methoxy groups -OCH3 is 2. The summed E-state index contributed by atoms with van der Waals surface area (Å²) < 4.78 is 19.5. The molecule has 3 aromatic carbocycles. The maximum Gasteiger partial charge on any atom is 0.255 e. The minimum Gasteiger partial charge on any atom is -0.493 e. The fourth-order valence-electron chi connectivity index (χ4n) is 5.79. The first-order valence-electron chi connectivity index (χ1n) is 16.0. The van der Waals surface area contributed by atoms with Crippen molar-refractivity contribution in [2.75, 3.05) is 67.1 Å². The van der Waals surface area contributed by atoms with E-state index in [0.29, 0.717) is 49.2 Å². The number of ether oxygens (including phenoxy) is 3. The van der Waals surface area contributed by atoms with E-state index in [-0.39, 0.29) is 10.9 Å². The normalized spacial score (nSPS) is 14.2. The zero-order chi connectivity index (χ0) is 32.6. The molecule has 5 rings (SSSR count). The molecule has 0 unspecified atom stereocenters. The Balaban J connectivity index is 1.42. The maximum atomic E-state index is 14.1. The molecular weight excluding hydrogens is 602 g/mol. The minimum absolute atomic E-state index is 0.183. The number of amides is 1. The third-order valence-electron chi connectivity index (χ3n) is 8.61. The summed E-state index contributed by atoms with van der Waals surface area (Å²) >= 11 is 6.72. The van der Waals surface area contributed by atoms with Crippen LogP contribution in [0.15, 0.2) is 60.7 Å². The lowest BCUT2D eigenvalue weighted by atomic mass is 10.1. The van der Waals surface area contributed by atoms with Gasteiger partial charge in [-0.15, -0.1) is 0 Å². The summed E-state index contributed by atoms with van der Waals surface area (Å²) in [4.78, 5) is 25.8. The molecule has 1 saturated heterocycles. The lowest BCUT2D eigenvalue weighted by Gasteiger charge is -2.32. The molecule has 10 heteroatoms. The SMILES string of the molecule is COc1ccc(C(=O)N(CCC(C)C)Cc2nc3ccccc3n2Cc2ccccc2OCCN2CCN(C)CC2)c(Cl)c1OC. The highest BCUT2D eigenvalue weighted by atomic mass is 35.5. The van der Waals surface area contributed by atoms with Crippen LogP contribution in [-0.4, -0.2) is 97.3 Å². The lowest BCUT2D eigenvalue weighted by molar-refractivity contribution is 0.0729. The summed E-state index contributed by atoms with van der Waals surface area (Å²) in [5, 5.41) is 0.234. The summed E-state index contributed by atoms with van der Waals surface area (Å²) in [5.41, 5.74) is 3.31. The number of fused-ring (bicyclic) bond motifs is 1. The lowest BCUT2D eigenvalue weighted by Crippen LogP contribution is -2.45. The van der Waals surface area contributed by atoms with Crippen LogP contribution in [0.2, 0.25) is 5.02 Å². The molecule has 2 heterocycles. The molecule has 246 valence electrons. The number of likely N-dealkylation sites (N-methyl/N-ethyl adjacent to an activating group) is 1. The number of carbonyl (C=O) groups excluding carboxylic acids is 1. The molecule has 1 fully saturated rings. The van der Waals surface area contributed by atoms with Crippen LogP contribution in [0.4, 0.5) is 0 Å². The Morgan fingerprint density at radius 3 is 2.43 bits per heavy atom. The van der Waals surface area contributed by atoms with Gasteiger partial charge < -0.3 is 28.6 Å². The van der Waals surface area contributed by atoms with Crippen LogP contribution in [0.3, 0.4) is 0 Å². The predicted octanol–water partition coefficient (Wildman–Crippen LogP) is 6.07. The number of piperazine rings is 1. The molecule has 0 bridgehead atoms. The van der Waals surface area contributed by atoms with Gasteiger partial charge in [0.1, 0.15) is 18.2 Å². The van der Waals surface area contributed by atoms with Gasteiger partial charge in [-0.3, -0.25) is 9.69 Å². The zero-order valence-corrected chi connectivity index (χ0v) is 28.4. The minimum atomic E-state index is -0.183. The van der Waals surface area contributed by atoms with Gasteiger partial charge in [-0.05, 0) is 49.7 Å². The molecule has 1 aliphatic heterocycles. The van der Waals surface area contributed by atoms with Gasteiger partial charge in [0.05, 0.1) is 48.9 Å². The first kappa shape index (κ1) is 33.6. The highest BCUT2D eigenvalue weighted by molar-refractivity contribution is 6.35. The second-order valence-corrected chi connectivity index (χ2v) is 12.7. The molecule has 0 spiro atoms. The number of imidazole rings is 1. The smallest absolute Gasteiger partial charge is 0.255 e. The van der Waals surface area contributed by atoms with E-state index in [4.69, 9.17) is 30.8 Å². The number of rotatable bonds is 14. The van der Waals surface area contributed by atoms with Crippen molar-refractivity contribution in [3.63, 3.8) is 0 Å². The molecule has 1 aromatic heterocycles. The van der Waals surface area contributed by atoms with Crippen molar-refractivity contribution in [2.24, 2.45) is 5.92 Å². The van der Waals surface area contributed by atoms with Crippen molar-refractivity contribution in [1.82, 2.24) is 24.3 Å². The van der Waals surface area contributed by atoms with Gasteiger partial charge in [-0.25, -0.2) is 4.98 Å². The molecule has 0 saturated carbocycles. The predicted molar refractivity (Wildman–Crippen MR) is 183 cm³/mol. The van der Waals surface area contributed by atoms with Crippen molar-refractivity contribution in [2.45, 2.75) is 33.4 Å². The van der Waals surface area contributed by atoms with Gasteiger partial charge >= 0.3 is 0 Å². The average Bonchev–Trinajstić information content (AvgIpc) is 3.40. The van der Waals surface area contributed by atoms with Gasteiger partial charge in [0.15, 0.2) is 11.5 Å². The first-order chi connectivity index (χ1) is 22.3. The number of aromatic nitrogens is 2. The van der Waals surface area contributed by atoms with Crippen molar-refractivity contribution in [3.05, 3.63) is 82.6 Å². The molecule has 4 aromatic rings. The summed E-state index contributed by atoms with van der Waals surface area (Å²) in [7, 11) is 5.24. The van der Waals surface area contributed by atoms with Crippen LogP contribution >= 0.6 is 11.6 Å². The van der Waals surface area contributed by atoms with Crippen molar-refractivity contribution >= 4 is 28.5 Å². The zero-order valence-electron chi connectivity index (χ0n) is 27.7. The van der Waals surface area contributed by atoms with Crippen molar-refractivity contribution in [1.29, 1.82) is 0 Å². The van der Waals surface area contributed by atoms with Crippen molar-refractivity contribution in [3.8, 4) is 17.2 Å². The fraction of sp³-hybridized carbons (Fsp3) is 0.444. The van der Waals surface area contributed by atoms with Crippen LogP contribution in [0.5, 0.6) is 17.2 Å². The molecule has 0 N–H and O–H groups in total. The van der Waals surface area contributed by atoms with E-state index in [2.05, 4.69) is 47.4 Å². The standard InChI is InChI=1S/C36H46ClN5O4/c1-26(2)16-17-41(36(43)28-14-15-32(44-4)35(45-5)34(28)37)25-33-38-29-11-7-8-12-30(29)42(33)24-27-10-6-9-13-31(27)46-23-22-40-20-18-39(3)19-21-40/h6-15,26H,16-25H2,1-5H3. The molecule has 0 atom stereocenters. The van der Waals surface area contributed by atoms with E-state index in [1.807, 2.05) is 41.3 Å². The molecule has 0 radical (unpaired) electrons. The van der Waals surface area contributed by atoms with Gasteiger partial charge in [0.2, 0.25) is 0 Å². The maximum absolute atomic E-state index is 14.1. The summed E-state index contributed by atoms with van der Waals surface area (Å²) in [6.07, 6.45) is 0.834. The first-order valence-corrected chi connectivity index (χ1v) is 16.4. The van der Waals surface area contributed by atoms with Crippen LogP contribution in [0.25, 0.3) is 11.0 Å². The quantitative estimate of drug-likeness (QED) is 0.165. The van der Waals surface area contributed by atoms with Crippen molar-refractivity contribution < 1.29 is 19.0 Å². The second kappa shape index (κ2) is 15.7. The Kier molecular flexibility index (Phi) is 11.4. The molecular formula is C36H46ClN5O4. The van der Waals surface area contributed by atoms with Crippen LogP contribution in [0, 0.1) is 5.92 Å². The third kappa shape index (κ3) is 7.94. The van der Waals surface area contributed by atoms with Gasteiger partial charge in [0, 0.05) is 44.8 Å². The van der Waals surface area contributed by atoms with E-state index in [9.17, 15) is 4.79 Å². The molecule has 1 amide bonds. The third-order valence-corrected chi connectivity index (χ3v) is 8.98. The van der Waals surface area contributed by atoms with E-state index in [1.54, 1.807) is 19.2 Å². The van der Waals surface area contributed by atoms with E-state index < -0.39 is 0 Å². The Morgan fingerprint density at radius 1 is 0.957 bits per heavy atom. The topological polar surface area (TPSA) is 72.3 Å². The van der Waals surface area contributed by atoms with Crippen LogP contribution in [0.1, 0.15) is 42.0 Å². The van der Waals surface area contributed by atoms with Crippen LogP contribution < -0.4 is 14.2 Å². The largest absolute Gasteiger partial charge is 0.493 e. The summed E-state index contributed by atoms with van der Waals surface area (Å²) in [5.74, 6) is 2.70. The number of halogens is 1.